The normalized spacial score (nSPS) is 17.1. The number of sulfonamides is 1. The fourth-order valence-electron chi connectivity index (χ4n) is 3.69. The number of rotatable bonds is 7. The van der Waals surface area contributed by atoms with Crippen molar-refractivity contribution in [2.75, 3.05) is 11.9 Å². The molecular weight excluding hydrogens is 442 g/mol. The minimum absolute atomic E-state index is 0.217. The zero-order valence-electron chi connectivity index (χ0n) is 17.6. The second-order valence-corrected chi connectivity index (χ2v) is 10.5. The zero-order valence-corrected chi connectivity index (χ0v) is 19.2. The Labute approximate surface area is 193 Å². The van der Waals surface area contributed by atoms with E-state index in [1.807, 2.05) is 42.6 Å². The van der Waals surface area contributed by atoms with E-state index in [0.29, 0.717) is 18.7 Å². The molecule has 2 heterocycles. The maximum absolute atomic E-state index is 13.1. The van der Waals surface area contributed by atoms with E-state index in [1.165, 1.54) is 4.31 Å². The van der Waals surface area contributed by atoms with E-state index in [1.54, 1.807) is 48.3 Å². The van der Waals surface area contributed by atoms with Gasteiger partial charge in [-0.1, -0.05) is 30.7 Å². The molecule has 3 aromatic rings. The van der Waals surface area contributed by atoms with Crippen LogP contribution in [0.2, 0.25) is 0 Å². The number of hydrogen-bond donors (Lipinski definition) is 1. The Bertz CT molecular complexity index is 1140. The summed E-state index contributed by atoms with van der Waals surface area (Å²) in [7, 11) is -3.72. The van der Waals surface area contributed by atoms with E-state index in [4.69, 9.17) is 0 Å². The molecule has 0 bridgehead atoms. The van der Waals surface area contributed by atoms with Crippen LogP contribution < -0.4 is 5.32 Å². The Balaban J connectivity index is 1.42. The molecule has 1 unspecified atom stereocenters. The lowest BCUT2D eigenvalue weighted by Gasteiger charge is -2.33. The lowest BCUT2D eigenvalue weighted by Crippen LogP contribution is -2.49. The molecule has 0 radical (unpaired) electrons. The number of nitrogens with zero attached hydrogens (tertiary/aromatic N) is 2. The van der Waals surface area contributed by atoms with E-state index < -0.39 is 16.1 Å². The van der Waals surface area contributed by atoms with Gasteiger partial charge in [0.2, 0.25) is 15.9 Å². The van der Waals surface area contributed by atoms with Crippen LogP contribution in [0.3, 0.4) is 0 Å². The third-order valence-corrected chi connectivity index (χ3v) is 8.36. The third kappa shape index (κ3) is 5.38. The highest BCUT2D eigenvalue weighted by Crippen LogP contribution is 2.27. The monoisotopic (exact) mass is 467 g/mol. The second-order valence-electron chi connectivity index (χ2n) is 7.60. The average molecular weight is 468 g/mol. The SMILES string of the molecule is O=C(Nc1ccc(SCc2cccnc2)cc1)C1CCCCN1S(=O)(=O)c1ccccc1. The lowest BCUT2D eigenvalue weighted by molar-refractivity contribution is -0.120. The molecule has 6 nitrogen and oxygen atoms in total. The maximum atomic E-state index is 13.1. The summed E-state index contributed by atoms with van der Waals surface area (Å²) in [4.78, 5) is 18.4. The van der Waals surface area contributed by atoms with Gasteiger partial charge in [0, 0.05) is 35.3 Å². The number of amides is 1. The average Bonchev–Trinajstić information content (AvgIpc) is 2.85. The van der Waals surface area contributed by atoms with Crippen LogP contribution in [0.4, 0.5) is 5.69 Å². The molecule has 1 N–H and O–H groups in total. The number of carbonyl (C=O) groups excluding carboxylic acids is 1. The Hall–Kier alpha value is -2.68. The third-order valence-electron chi connectivity index (χ3n) is 5.36. The largest absolute Gasteiger partial charge is 0.325 e. The number of aromatic nitrogens is 1. The summed E-state index contributed by atoms with van der Waals surface area (Å²) in [5, 5.41) is 2.90. The first-order chi connectivity index (χ1) is 15.5. The summed E-state index contributed by atoms with van der Waals surface area (Å²) in [6.45, 7) is 0.346. The van der Waals surface area contributed by atoms with Crippen molar-refractivity contribution in [3.05, 3.63) is 84.7 Å². The first kappa shape index (κ1) is 22.5. The van der Waals surface area contributed by atoms with Gasteiger partial charge in [-0.25, -0.2) is 8.42 Å². The molecule has 0 aliphatic carbocycles. The van der Waals surface area contributed by atoms with E-state index in [9.17, 15) is 13.2 Å². The molecule has 1 amide bonds. The van der Waals surface area contributed by atoms with Crippen molar-refractivity contribution in [1.82, 2.24) is 9.29 Å². The van der Waals surface area contributed by atoms with Crippen molar-refractivity contribution in [1.29, 1.82) is 0 Å². The van der Waals surface area contributed by atoms with Crippen LogP contribution in [-0.2, 0) is 20.6 Å². The molecule has 8 heteroatoms. The van der Waals surface area contributed by atoms with Crippen LogP contribution >= 0.6 is 11.8 Å². The number of anilines is 1. The molecule has 166 valence electrons. The number of hydrogen-bond acceptors (Lipinski definition) is 5. The molecule has 1 saturated heterocycles. The zero-order chi connectivity index (χ0) is 22.4. The Morgan fingerprint density at radius 2 is 1.81 bits per heavy atom. The summed E-state index contributed by atoms with van der Waals surface area (Å²) < 4.78 is 27.6. The van der Waals surface area contributed by atoms with Gasteiger partial charge in [-0.2, -0.15) is 4.31 Å². The van der Waals surface area contributed by atoms with Gasteiger partial charge < -0.3 is 5.32 Å². The van der Waals surface area contributed by atoms with Gasteiger partial charge in [-0.05, 0) is 60.9 Å². The molecule has 32 heavy (non-hydrogen) atoms. The van der Waals surface area contributed by atoms with Gasteiger partial charge in [0.1, 0.15) is 6.04 Å². The summed E-state index contributed by atoms with van der Waals surface area (Å²) in [5.74, 6) is 0.522. The van der Waals surface area contributed by atoms with Crippen molar-refractivity contribution in [2.24, 2.45) is 0 Å². The first-order valence-electron chi connectivity index (χ1n) is 10.5. The van der Waals surface area contributed by atoms with Crippen molar-refractivity contribution >= 4 is 33.4 Å². The van der Waals surface area contributed by atoms with Crippen molar-refractivity contribution in [3.8, 4) is 0 Å². The maximum Gasteiger partial charge on any atom is 0.243 e. The summed E-state index contributed by atoms with van der Waals surface area (Å²) in [5.41, 5.74) is 1.80. The smallest absolute Gasteiger partial charge is 0.243 e. The molecule has 1 aliphatic rings. The minimum Gasteiger partial charge on any atom is -0.325 e. The van der Waals surface area contributed by atoms with Gasteiger partial charge in [0.15, 0.2) is 0 Å². The lowest BCUT2D eigenvalue weighted by atomic mass is 10.0. The Morgan fingerprint density at radius 3 is 2.53 bits per heavy atom. The molecule has 0 spiro atoms. The van der Waals surface area contributed by atoms with Gasteiger partial charge in [-0.15, -0.1) is 11.8 Å². The molecule has 1 atom stereocenters. The van der Waals surface area contributed by atoms with Crippen molar-refractivity contribution < 1.29 is 13.2 Å². The number of carbonyl (C=O) groups is 1. The van der Waals surface area contributed by atoms with E-state index in [-0.39, 0.29) is 10.8 Å². The molecule has 1 aliphatic heterocycles. The number of nitrogens with one attached hydrogen (secondary N) is 1. The molecule has 0 saturated carbocycles. The molecule has 2 aromatic carbocycles. The highest BCUT2D eigenvalue weighted by molar-refractivity contribution is 7.98. The summed E-state index contributed by atoms with van der Waals surface area (Å²) in [6, 6.07) is 19.2. The van der Waals surface area contributed by atoms with E-state index >= 15 is 0 Å². The van der Waals surface area contributed by atoms with Gasteiger partial charge in [-0.3, -0.25) is 9.78 Å². The quantitative estimate of drug-likeness (QED) is 0.516. The molecular formula is C24H25N3O3S2. The summed E-state index contributed by atoms with van der Waals surface area (Å²) in [6.07, 6.45) is 5.68. The van der Waals surface area contributed by atoms with Crippen LogP contribution in [0.5, 0.6) is 0 Å². The highest BCUT2D eigenvalue weighted by atomic mass is 32.2. The van der Waals surface area contributed by atoms with E-state index in [2.05, 4.69) is 10.3 Å². The predicted octanol–water partition coefficient (Wildman–Crippen LogP) is 4.56. The minimum atomic E-state index is -3.72. The van der Waals surface area contributed by atoms with Crippen LogP contribution in [0, 0.1) is 0 Å². The summed E-state index contributed by atoms with van der Waals surface area (Å²) >= 11 is 1.69. The molecule has 1 fully saturated rings. The fourth-order valence-corrected chi connectivity index (χ4v) is 6.20. The topological polar surface area (TPSA) is 79.4 Å². The fraction of sp³-hybridized carbons (Fsp3) is 0.250. The number of thioether (sulfide) groups is 1. The van der Waals surface area contributed by atoms with Crippen LogP contribution in [0.25, 0.3) is 0 Å². The standard InChI is InChI=1S/C24H25N3O3S2/c28-24(23-10-4-5-16-27(23)32(29,30)22-8-2-1-3-9-22)26-20-11-13-21(14-12-20)31-18-19-7-6-15-25-17-19/h1-3,6-9,11-15,17,23H,4-5,10,16,18H2,(H,26,28). The van der Waals surface area contributed by atoms with E-state index in [0.717, 1.165) is 29.1 Å². The van der Waals surface area contributed by atoms with Crippen molar-refractivity contribution in [3.63, 3.8) is 0 Å². The number of benzene rings is 2. The van der Waals surface area contributed by atoms with Crippen LogP contribution in [0.1, 0.15) is 24.8 Å². The Morgan fingerprint density at radius 1 is 1.03 bits per heavy atom. The van der Waals surface area contributed by atoms with Crippen LogP contribution in [0.15, 0.2) is 88.9 Å². The first-order valence-corrected chi connectivity index (χ1v) is 13.0. The van der Waals surface area contributed by atoms with Crippen LogP contribution in [-0.4, -0.2) is 36.2 Å². The number of pyridine rings is 1. The van der Waals surface area contributed by atoms with Gasteiger partial charge in [0.05, 0.1) is 4.90 Å². The highest BCUT2D eigenvalue weighted by Gasteiger charge is 2.37. The van der Waals surface area contributed by atoms with Gasteiger partial charge >= 0.3 is 0 Å². The molecule has 4 rings (SSSR count). The van der Waals surface area contributed by atoms with Crippen molar-refractivity contribution in [2.45, 2.75) is 40.8 Å². The Kier molecular flexibility index (Phi) is 7.24. The van der Waals surface area contributed by atoms with Gasteiger partial charge in [0.25, 0.3) is 0 Å². The molecule has 1 aromatic heterocycles. The number of piperidine rings is 1. The second kappa shape index (κ2) is 10.3. The predicted molar refractivity (Wildman–Crippen MR) is 127 cm³/mol.